The van der Waals surface area contributed by atoms with Gasteiger partial charge in [-0.25, -0.2) is 15.0 Å². The number of ether oxygens (including phenoxy) is 2. The summed E-state index contributed by atoms with van der Waals surface area (Å²) in [5.74, 6) is 2.59. The van der Waals surface area contributed by atoms with Crippen LogP contribution in [0.25, 0.3) is 5.82 Å². The van der Waals surface area contributed by atoms with Gasteiger partial charge in [0.05, 0.1) is 19.3 Å². The van der Waals surface area contributed by atoms with E-state index in [9.17, 15) is 0 Å². The molecule has 0 saturated carbocycles. The van der Waals surface area contributed by atoms with E-state index in [1.165, 1.54) is 0 Å². The van der Waals surface area contributed by atoms with Crippen LogP contribution in [0.5, 0.6) is 0 Å². The normalized spacial score (nSPS) is 17.1. The standard InChI is InChI=1S/C20H30N6O2/c1-3-21-20(23-8-4-11-28-18-7-12-27-15-18)25-14-17-5-6-19(24-13-17)26-10-9-22-16(26)2/h5-6,9-10,13,18H,3-4,7-8,11-12,14-15H2,1-2H3,(H2,21,23,25). The second-order valence-corrected chi connectivity index (χ2v) is 6.70. The van der Waals surface area contributed by atoms with Crippen LogP contribution >= 0.6 is 0 Å². The summed E-state index contributed by atoms with van der Waals surface area (Å²) in [6.07, 6.45) is 7.75. The largest absolute Gasteiger partial charge is 0.379 e. The van der Waals surface area contributed by atoms with E-state index in [0.29, 0.717) is 6.54 Å². The Morgan fingerprint density at radius 2 is 2.29 bits per heavy atom. The Hall–Kier alpha value is -2.45. The number of nitrogens with one attached hydrogen (secondary N) is 2. The Morgan fingerprint density at radius 3 is 2.96 bits per heavy atom. The monoisotopic (exact) mass is 386 g/mol. The van der Waals surface area contributed by atoms with Crippen LogP contribution in [0, 0.1) is 6.92 Å². The first-order chi connectivity index (χ1) is 13.8. The van der Waals surface area contributed by atoms with E-state index in [0.717, 1.165) is 68.9 Å². The minimum atomic E-state index is 0.267. The molecule has 1 unspecified atom stereocenters. The number of hydrogen-bond donors (Lipinski definition) is 2. The zero-order valence-electron chi connectivity index (χ0n) is 16.7. The molecule has 1 atom stereocenters. The van der Waals surface area contributed by atoms with E-state index in [2.05, 4.69) is 32.5 Å². The molecule has 0 radical (unpaired) electrons. The summed E-state index contributed by atoms with van der Waals surface area (Å²) < 4.78 is 13.1. The highest BCUT2D eigenvalue weighted by Crippen LogP contribution is 2.09. The van der Waals surface area contributed by atoms with Gasteiger partial charge in [0.2, 0.25) is 0 Å². The molecule has 0 aromatic carbocycles. The second kappa shape index (κ2) is 10.8. The van der Waals surface area contributed by atoms with E-state index in [-0.39, 0.29) is 6.10 Å². The quantitative estimate of drug-likeness (QED) is 0.388. The Labute approximate surface area is 166 Å². The van der Waals surface area contributed by atoms with Crippen molar-refractivity contribution in [2.75, 3.05) is 32.9 Å². The van der Waals surface area contributed by atoms with Crippen LogP contribution < -0.4 is 10.6 Å². The number of guanidine groups is 1. The zero-order valence-corrected chi connectivity index (χ0v) is 16.7. The van der Waals surface area contributed by atoms with Crippen molar-refractivity contribution in [3.8, 4) is 5.82 Å². The first-order valence-electron chi connectivity index (χ1n) is 9.93. The number of rotatable bonds is 9. The van der Waals surface area contributed by atoms with Crippen molar-refractivity contribution >= 4 is 5.96 Å². The molecule has 2 aromatic heterocycles. The third-order valence-corrected chi connectivity index (χ3v) is 4.50. The second-order valence-electron chi connectivity index (χ2n) is 6.70. The van der Waals surface area contributed by atoms with Gasteiger partial charge in [-0.2, -0.15) is 0 Å². The molecule has 0 amide bonds. The Kier molecular flexibility index (Phi) is 7.81. The SMILES string of the molecule is CCNC(=NCc1ccc(-n2ccnc2C)nc1)NCCCOC1CCOC1. The highest BCUT2D eigenvalue weighted by atomic mass is 16.5. The molecule has 0 aliphatic carbocycles. The molecule has 2 N–H and O–H groups in total. The van der Waals surface area contributed by atoms with E-state index in [1.54, 1.807) is 6.20 Å². The summed E-state index contributed by atoms with van der Waals surface area (Å²) in [7, 11) is 0. The van der Waals surface area contributed by atoms with Gasteiger partial charge < -0.3 is 20.1 Å². The molecular weight excluding hydrogens is 356 g/mol. The van der Waals surface area contributed by atoms with Crippen molar-refractivity contribution in [2.24, 2.45) is 4.99 Å². The van der Waals surface area contributed by atoms with E-state index < -0.39 is 0 Å². The summed E-state index contributed by atoms with van der Waals surface area (Å²) >= 11 is 0. The highest BCUT2D eigenvalue weighted by molar-refractivity contribution is 5.79. The van der Waals surface area contributed by atoms with E-state index >= 15 is 0 Å². The number of aliphatic imine (C=N–C) groups is 1. The van der Waals surface area contributed by atoms with Crippen LogP contribution in [0.15, 0.2) is 35.7 Å². The number of aryl methyl sites for hydroxylation is 1. The Bertz CT molecular complexity index is 737. The lowest BCUT2D eigenvalue weighted by molar-refractivity contribution is 0.0420. The lowest BCUT2D eigenvalue weighted by atomic mass is 10.3. The molecule has 152 valence electrons. The lowest BCUT2D eigenvalue weighted by Crippen LogP contribution is -2.38. The molecule has 28 heavy (non-hydrogen) atoms. The first kappa shape index (κ1) is 20.3. The fourth-order valence-electron chi connectivity index (χ4n) is 2.96. The minimum Gasteiger partial charge on any atom is -0.379 e. The maximum atomic E-state index is 5.78. The van der Waals surface area contributed by atoms with Gasteiger partial charge in [-0.3, -0.25) is 4.57 Å². The number of nitrogens with zero attached hydrogens (tertiary/aromatic N) is 4. The highest BCUT2D eigenvalue weighted by Gasteiger charge is 2.15. The van der Waals surface area contributed by atoms with E-state index in [1.807, 2.05) is 36.0 Å². The van der Waals surface area contributed by atoms with Gasteiger partial charge in [-0.15, -0.1) is 0 Å². The van der Waals surface area contributed by atoms with Gasteiger partial charge >= 0.3 is 0 Å². The summed E-state index contributed by atoms with van der Waals surface area (Å²) in [6, 6.07) is 4.04. The van der Waals surface area contributed by atoms with Gasteiger partial charge in [-0.1, -0.05) is 6.07 Å². The molecule has 0 bridgehead atoms. The maximum absolute atomic E-state index is 5.78. The molecule has 8 nitrogen and oxygen atoms in total. The van der Waals surface area contributed by atoms with Gasteiger partial charge in [0.15, 0.2) is 5.96 Å². The molecular formula is C20H30N6O2. The predicted molar refractivity (Wildman–Crippen MR) is 109 cm³/mol. The smallest absolute Gasteiger partial charge is 0.191 e. The van der Waals surface area contributed by atoms with Gasteiger partial charge in [0, 0.05) is 44.9 Å². The number of aromatic nitrogens is 3. The zero-order chi connectivity index (χ0) is 19.6. The number of hydrogen-bond acceptors (Lipinski definition) is 5. The fourth-order valence-corrected chi connectivity index (χ4v) is 2.96. The van der Waals surface area contributed by atoms with Crippen molar-refractivity contribution in [1.29, 1.82) is 0 Å². The van der Waals surface area contributed by atoms with E-state index in [4.69, 9.17) is 9.47 Å². The van der Waals surface area contributed by atoms with Crippen molar-refractivity contribution < 1.29 is 9.47 Å². The van der Waals surface area contributed by atoms with Crippen LogP contribution in [-0.4, -0.2) is 59.5 Å². The fraction of sp³-hybridized carbons (Fsp3) is 0.550. The average Bonchev–Trinajstić information content (AvgIpc) is 3.38. The molecule has 1 saturated heterocycles. The molecule has 2 aromatic rings. The molecule has 3 heterocycles. The molecule has 1 fully saturated rings. The topological polar surface area (TPSA) is 85.6 Å². The molecule has 8 heteroatoms. The van der Waals surface area contributed by atoms with Gasteiger partial charge in [0.1, 0.15) is 11.6 Å². The van der Waals surface area contributed by atoms with Crippen LogP contribution in [-0.2, 0) is 16.0 Å². The molecule has 1 aliphatic rings. The van der Waals surface area contributed by atoms with Gasteiger partial charge in [0.25, 0.3) is 0 Å². The third kappa shape index (κ3) is 6.03. The predicted octanol–water partition coefficient (Wildman–Crippen LogP) is 1.83. The third-order valence-electron chi connectivity index (χ3n) is 4.50. The molecule has 0 spiro atoms. The number of pyridine rings is 1. The molecule has 3 rings (SSSR count). The van der Waals surface area contributed by atoms with Crippen LogP contribution in [0.4, 0.5) is 0 Å². The summed E-state index contributed by atoms with van der Waals surface area (Å²) in [5, 5.41) is 6.62. The Morgan fingerprint density at radius 1 is 1.36 bits per heavy atom. The van der Waals surface area contributed by atoms with Crippen LogP contribution in [0.3, 0.4) is 0 Å². The average molecular weight is 387 g/mol. The summed E-state index contributed by atoms with van der Waals surface area (Å²) in [5.41, 5.74) is 1.06. The van der Waals surface area contributed by atoms with Crippen molar-refractivity contribution in [3.05, 3.63) is 42.1 Å². The van der Waals surface area contributed by atoms with Crippen LogP contribution in [0.2, 0.25) is 0 Å². The van der Waals surface area contributed by atoms with Crippen molar-refractivity contribution in [1.82, 2.24) is 25.2 Å². The maximum Gasteiger partial charge on any atom is 0.191 e. The number of imidazole rings is 1. The lowest BCUT2D eigenvalue weighted by Gasteiger charge is -2.13. The van der Waals surface area contributed by atoms with Gasteiger partial charge in [-0.05, 0) is 38.3 Å². The first-order valence-corrected chi connectivity index (χ1v) is 9.93. The van der Waals surface area contributed by atoms with Crippen molar-refractivity contribution in [2.45, 2.75) is 39.3 Å². The summed E-state index contributed by atoms with van der Waals surface area (Å²) in [6.45, 7) is 8.50. The molecule has 1 aliphatic heterocycles. The van der Waals surface area contributed by atoms with Crippen LogP contribution in [0.1, 0.15) is 31.2 Å². The summed E-state index contributed by atoms with van der Waals surface area (Å²) in [4.78, 5) is 13.4. The minimum absolute atomic E-state index is 0.267. The van der Waals surface area contributed by atoms with Crippen molar-refractivity contribution in [3.63, 3.8) is 0 Å². The Balaban J connectivity index is 1.44.